The Balaban J connectivity index is 3.09. The van der Waals surface area contributed by atoms with E-state index in [9.17, 15) is 4.79 Å². The lowest BCUT2D eigenvalue weighted by Crippen LogP contribution is -1.81. The number of allylic oxidation sites excluding steroid dienone is 2. The molecule has 0 atom stereocenters. The monoisotopic (exact) mass is 144 g/mol. The quantitative estimate of drug-likeness (QED) is 0.473. The van der Waals surface area contributed by atoms with E-state index in [1.54, 1.807) is 0 Å². The normalized spacial score (nSPS) is 10.4. The third-order valence-corrected chi connectivity index (χ3v) is 1.15. The minimum atomic E-state index is -0.0317. The molecule has 0 bridgehead atoms. The molecule has 0 radical (unpaired) electrons. The average molecular weight is 144 g/mol. The van der Waals surface area contributed by atoms with Crippen molar-refractivity contribution in [2.45, 2.75) is 26.2 Å². The zero-order chi connectivity index (χ0) is 7.11. The van der Waals surface area contributed by atoms with Crippen molar-refractivity contribution < 1.29 is 4.79 Å². The minimum Gasteiger partial charge on any atom is -0.287 e. The van der Waals surface area contributed by atoms with Gasteiger partial charge in [0.25, 0.3) is 0 Å². The summed E-state index contributed by atoms with van der Waals surface area (Å²) in [5.41, 5.74) is 0. The predicted octanol–water partition coefficient (Wildman–Crippen LogP) is 2.19. The Kier molecular flexibility index (Phi) is 5.73. The molecule has 1 nitrogen and oxygen atoms in total. The lowest BCUT2D eigenvalue weighted by molar-refractivity contribution is -0.110. The fourth-order valence-corrected chi connectivity index (χ4v) is 0.620. The van der Waals surface area contributed by atoms with Crippen LogP contribution in [0.15, 0.2) is 12.2 Å². The number of thiol groups is 1. The average Bonchev–Trinajstić information content (AvgIpc) is 1.80. The van der Waals surface area contributed by atoms with Crippen molar-refractivity contribution in [3.8, 4) is 0 Å². The fraction of sp³-hybridized carbons (Fsp3) is 0.571. The van der Waals surface area contributed by atoms with Crippen LogP contribution >= 0.6 is 12.6 Å². The molecule has 0 aliphatic heterocycles. The molecule has 0 spiro atoms. The second-order valence-corrected chi connectivity index (χ2v) is 2.31. The van der Waals surface area contributed by atoms with Crippen LogP contribution in [0.4, 0.5) is 0 Å². The maximum Gasteiger partial charge on any atom is 0.186 e. The Hall–Kier alpha value is -0.240. The van der Waals surface area contributed by atoms with E-state index >= 15 is 0 Å². The Morgan fingerprint density at radius 3 is 2.67 bits per heavy atom. The van der Waals surface area contributed by atoms with Crippen LogP contribution in [-0.4, -0.2) is 5.12 Å². The molecule has 0 saturated heterocycles. The molecule has 2 heteroatoms. The molecular formula is C7H12OS. The van der Waals surface area contributed by atoms with Crippen molar-refractivity contribution in [3.05, 3.63) is 12.2 Å². The van der Waals surface area contributed by atoms with E-state index in [2.05, 4.69) is 25.6 Å². The Labute approximate surface area is 61.6 Å². The van der Waals surface area contributed by atoms with Gasteiger partial charge in [-0.2, -0.15) is 0 Å². The highest BCUT2D eigenvalue weighted by molar-refractivity contribution is 7.96. The molecule has 0 N–H and O–H groups in total. The molecule has 0 aromatic heterocycles. The lowest BCUT2D eigenvalue weighted by atomic mass is 10.3. The lowest BCUT2D eigenvalue weighted by Gasteiger charge is -1.85. The van der Waals surface area contributed by atoms with E-state index in [0.29, 0.717) is 6.42 Å². The first-order valence-electron chi connectivity index (χ1n) is 3.14. The summed E-state index contributed by atoms with van der Waals surface area (Å²) in [6.45, 7) is 2.07. The first kappa shape index (κ1) is 8.76. The van der Waals surface area contributed by atoms with Gasteiger partial charge in [0.05, 0.1) is 0 Å². The third-order valence-electron chi connectivity index (χ3n) is 0.927. The minimum absolute atomic E-state index is 0.0317. The molecule has 0 unspecified atom stereocenters. The van der Waals surface area contributed by atoms with E-state index in [-0.39, 0.29) is 5.12 Å². The maximum atomic E-state index is 10.2. The number of hydrogen-bond acceptors (Lipinski definition) is 1. The van der Waals surface area contributed by atoms with Gasteiger partial charge in [-0.1, -0.05) is 19.1 Å². The molecular weight excluding hydrogens is 132 g/mol. The molecule has 0 aromatic rings. The number of rotatable bonds is 4. The zero-order valence-corrected chi connectivity index (χ0v) is 6.53. The van der Waals surface area contributed by atoms with Crippen LogP contribution in [-0.2, 0) is 4.79 Å². The van der Waals surface area contributed by atoms with Gasteiger partial charge < -0.3 is 0 Å². The highest BCUT2D eigenvalue weighted by Gasteiger charge is 1.87. The van der Waals surface area contributed by atoms with Crippen LogP contribution in [0.5, 0.6) is 0 Å². The molecule has 52 valence electrons. The van der Waals surface area contributed by atoms with Gasteiger partial charge in [0, 0.05) is 6.42 Å². The molecule has 0 rings (SSSR count). The standard InChI is InChI=1S/C7H12OS/c1-2-3-4-5-6-7(8)9/h3-4H,2,5-6H2,1H3,(H,8,9)/b4-3+. The maximum absolute atomic E-state index is 10.2. The number of carbonyl (C=O) groups is 1. The molecule has 9 heavy (non-hydrogen) atoms. The summed E-state index contributed by atoms with van der Waals surface area (Å²) in [5, 5.41) is -0.0317. The molecule has 0 saturated carbocycles. The van der Waals surface area contributed by atoms with Crippen molar-refractivity contribution in [2.75, 3.05) is 0 Å². The van der Waals surface area contributed by atoms with Crippen LogP contribution in [0.25, 0.3) is 0 Å². The van der Waals surface area contributed by atoms with Crippen LogP contribution in [0.1, 0.15) is 26.2 Å². The topological polar surface area (TPSA) is 17.1 Å². The van der Waals surface area contributed by atoms with Gasteiger partial charge in [-0.3, -0.25) is 4.79 Å². The summed E-state index contributed by atoms with van der Waals surface area (Å²) in [4.78, 5) is 10.2. The van der Waals surface area contributed by atoms with Gasteiger partial charge >= 0.3 is 0 Å². The first-order valence-corrected chi connectivity index (χ1v) is 3.59. The largest absolute Gasteiger partial charge is 0.287 e. The van der Waals surface area contributed by atoms with E-state index in [1.807, 2.05) is 6.08 Å². The second kappa shape index (κ2) is 5.89. The Morgan fingerprint density at radius 2 is 2.22 bits per heavy atom. The summed E-state index contributed by atoms with van der Waals surface area (Å²) in [5.74, 6) is 0. The zero-order valence-electron chi connectivity index (χ0n) is 5.63. The summed E-state index contributed by atoms with van der Waals surface area (Å²) < 4.78 is 0. The second-order valence-electron chi connectivity index (χ2n) is 1.81. The summed E-state index contributed by atoms with van der Waals surface area (Å²) in [6.07, 6.45) is 6.49. The van der Waals surface area contributed by atoms with Crippen molar-refractivity contribution in [1.82, 2.24) is 0 Å². The number of carbonyl (C=O) groups excluding carboxylic acids is 1. The highest BCUT2D eigenvalue weighted by Crippen LogP contribution is 1.95. The molecule has 0 aliphatic rings. The van der Waals surface area contributed by atoms with Gasteiger partial charge in [-0.15, -0.1) is 12.6 Å². The smallest absolute Gasteiger partial charge is 0.186 e. The van der Waals surface area contributed by atoms with Gasteiger partial charge in [-0.05, 0) is 12.8 Å². The van der Waals surface area contributed by atoms with Crippen LogP contribution in [0.2, 0.25) is 0 Å². The van der Waals surface area contributed by atoms with Crippen molar-refractivity contribution in [2.24, 2.45) is 0 Å². The van der Waals surface area contributed by atoms with E-state index in [0.717, 1.165) is 12.8 Å². The van der Waals surface area contributed by atoms with Crippen LogP contribution in [0, 0.1) is 0 Å². The van der Waals surface area contributed by atoms with Crippen LogP contribution in [0.3, 0.4) is 0 Å². The molecule has 0 heterocycles. The van der Waals surface area contributed by atoms with Gasteiger partial charge in [0.1, 0.15) is 0 Å². The van der Waals surface area contributed by atoms with E-state index < -0.39 is 0 Å². The Bertz CT molecular complexity index is 107. The van der Waals surface area contributed by atoms with Gasteiger partial charge in [0.2, 0.25) is 0 Å². The molecule has 0 amide bonds. The molecule has 0 aliphatic carbocycles. The number of hydrogen-bond donors (Lipinski definition) is 1. The third kappa shape index (κ3) is 7.76. The summed E-state index contributed by atoms with van der Waals surface area (Å²) >= 11 is 3.63. The van der Waals surface area contributed by atoms with Gasteiger partial charge in [0.15, 0.2) is 5.12 Å². The van der Waals surface area contributed by atoms with E-state index in [1.165, 1.54) is 0 Å². The van der Waals surface area contributed by atoms with Crippen molar-refractivity contribution >= 4 is 17.7 Å². The van der Waals surface area contributed by atoms with Gasteiger partial charge in [-0.25, -0.2) is 0 Å². The van der Waals surface area contributed by atoms with E-state index in [4.69, 9.17) is 0 Å². The highest BCUT2D eigenvalue weighted by atomic mass is 32.1. The van der Waals surface area contributed by atoms with Crippen molar-refractivity contribution in [3.63, 3.8) is 0 Å². The molecule has 0 fully saturated rings. The SMILES string of the molecule is CC/C=C/CCC(=O)S. The fourth-order valence-electron chi connectivity index (χ4n) is 0.491. The Morgan fingerprint density at radius 1 is 1.56 bits per heavy atom. The summed E-state index contributed by atoms with van der Waals surface area (Å²) in [6, 6.07) is 0. The predicted molar refractivity (Wildman–Crippen MR) is 42.7 cm³/mol. The van der Waals surface area contributed by atoms with Crippen LogP contribution < -0.4 is 0 Å². The summed E-state index contributed by atoms with van der Waals surface area (Å²) in [7, 11) is 0. The molecule has 0 aromatic carbocycles. The van der Waals surface area contributed by atoms with Crippen molar-refractivity contribution in [1.29, 1.82) is 0 Å². The first-order chi connectivity index (χ1) is 4.27.